The van der Waals surface area contributed by atoms with Gasteiger partial charge in [-0.15, -0.1) is 0 Å². The quantitative estimate of drug-likeness (QED) is 0.208. The molecular weight excluding hydrogens is 612 g/mol. The van der Waals surface area contributed by atoms with Crippen molar-refractivity contribution in [2.45, 2.75) is 152 Å². The van der Waals surface area contributed by atoms with Gasteiger partial charge in [0.1, 0.15) is 0 Å². The Labute approximate surface area is 253 Å². The van der Waals surface area contributed by atoms with Gasteiger partial charge in [0.15, 0.2) is 8.32 Å². The zero-order valence-corrected chi connectivity index (χ0v) is 30.5. The highest BCUT2D eigenvalue weighted by Gasteiger charge is 2.49. The second kappa shape index (κ2) is 11.2. The van der Waals surface area contributed by atoms with E-state index in [1.54, 1.807) is 27.8 Å². The molecule has 216 valence electrons. The van der Waals surface area contributed by atoms with Crippen molar-refractivity contribution in [1.82, 2.24) is 0 Å². The van der Waals surface area contributed by atoms with Crippen LogP contribution in [-0.2, 0) is 22.7 Å². The van der Waals surface area contributed by atoms with Crippen LogP contribution in [0.3, 0.4) is 0 Å². The summed E-state index contributed by atoms with van der Waals surface area (Å²) in [5.74, 6) is 3.38. The van der Waals surface area contributed by atoms with Crippen molar-refractivity contribution in [3.05, 3.63) is 33.9 Å². The molecule has 38 heavy (non-hydrogen) atoms. The van der Waals surface area contributed by atoms with Crippen LogP contribution < -0.4 is 0 Å². The molecule has 0 saturated heterocycles. The smallest absolute Gasteiger partial charge is 0.192 e. The van der Waals surface area contributed by atoms with E-state index < -0.39 is 8.32 Å². The Morgan fingerprint density at radius 2 is 1.61 bits per heavy atom. The maximum absolute atomic E-state index is 6.97. The maximum atomic E-state index is 6.97. The second-order valence-corrected chi connectivity index (χ2v) is 22.4. The summed E-state index contributed by atoms with van der Waals surface area (Å²) in [6.07, 6.45) is 9.42. The Hall–Kier alpha value is 0.357. The minimum absolute atomic E-state index is 0.286. The van der Waals surface area contributed by atoms with Gasteiger partial charge in [0, 0.05) is 15.8 Å². The highest BCUT2D eigenvalue weighted by molar-refractivity contribution is 9.12. The fraction of sp³-hybridized carbons (Fsp3) is 0.824. The predicted octanol–water partition coefficient (Wildman–Crippen LogP) is 10.9. The summed E-state index contributed by atoms with van der Waals surface area (Å²) in [4.78, 5) is 0.993. The van der Waals surface area contributed by atoms with Gasteiger partial charge in [-0.05, 0) is 133 Å². The highest BCUT2D eigenvalue weighted by Crippen LogP contribution is 2.55. The molecule has 1 nitrogen and oxygen atoms in total. The minimum Gasteiger partial charge on any atom is -0.414 e. The highest BCUT2D eigenvalue weighted by atomic mass is 79.9. The van der Waals surface area contributed by atoms with Crippen molar-refractivity contribution in [2.75, 3.05) is 0 Å². The largest absolute Gasteiger partial charge is 0.414 e. The van der Waals surface area contributed by atoms with E-state index in [-0.39, 0.29) is 5.04 Å². The number of alkyl halides is 2. The first-order valence-electron chi connectivity index (χ1n) is 15.6. The molecule has 0 aliphatic heterocycles. The molecule has 8 atom stereocenters. The molecule has 3 aliphatic rings. The monoisotopic (exact) mass is 666 g/mol. The van der Waals surface area contributed by atoms with Crippen LogP contribution in [0.2, 0.25) is 18.1 Å². The number of hydrogen-bond donors (Lipinski definition) is 0. The Morgan fingerprint density at radius 1 is 0.974 bits per heavy atom. The third-order valence-corrected chi connectivity index (χ3v) is 20.0. The van der Waals surface area contributed by atoms with Crippen LogP contribution >= 0.6 is 31.9 Å². The number of fused-ring (bicyclic) bond motifs is 5. The fourth-order valence-corrected chi connectivity index (χ4v) is 11.2. The van der Waals surface area contributed by atoms with Crippen LogP contribution in [0.5, 0.6) is 0 Å². The van der Waals surface area contributed by atoms with E-state index in [2.05, 4.69) is 113 Å². The number of rotatable bonds is 7. The maximum Gasteiger partial charge on any atom is 0.192 e. The Morgan fingerprint density at radius 3 is 2.21 bits per heavy atom. The topological polar surface area (TPSA) is 9.23 Å². The van der Waals surface area contributed by atoms with Crippen LogP contribution in [0.4, 0.5) is 0 Å². The lowest BCUT2D eigenvalue weighted by atomic mass is 9.57. The Balaban J connectivity index is 1.58. The molecule has 0 heterocycles. The normalized spacial score (nSPS) is 30.8. The van der Waals surface area contributed by atoms with Crippen LogP contribution in [0.1, 0.15) is 121 Å². The number of benzene rings is 1. The molecule has 0 N–H and O–H groups in total. The molecule has 4 heteroatoms. The van der Waals surface area contributed by atoms with Crippen molar-refractivity contribution >= 4 is 40.2 Å². The lowest BCUT2D eigenvalue weighted by Gasteiger charge is -2.51. The molecule has 0 spiro atoms. The van der Waals surface area contributed by atoms with E-state index in [0.29, 0.717) is 44.8 Å². The molecule has 0 amide bonds. The van der Waals surface area contributed by atoms with E-state index in [1.165, 1.54) is 44.9 Å². The van der Waals surface area contributed by atoms with E-state index in [9.17, 15) is 0 Å². The predicted molar refractivity (Wildman–Crippen MR) is 176 cm³/mol. The zero-order valence-electron chi connectivity index (χ0n) is 26.3. The average Bonchev–Trinajstić information content (AvgIpc) is 3.28. The SMILES string of the molecule is Cc1cc2c(c3c1C(C(C)C(Br)C(Br)C(C)C(C)C)CC3)CCC1CC(O[Si](C)(C)C(C)(C)C)CCC21C. The molecule has 8 unspecified atom stereocenters. The van der Waals surface area contributed by atoms with Crippen LogP contribution in [-0.4, -0.2) is 24.1 Å². The summed E-state index contributed by atoms with van der Waals surface area (Å²) >= 11 is 8.28. The Bertz CT molecular complexity index is 1010. The molecule has 1 aromatic carbocycles. The van der Waals surface area contributed by atoms with Gasteiger partial charge in [0.2, 0.25) is 0 Å². The van der Waals surface area contributed by atoms with Gasteiger partial charge in [-0.25, -0.2) is 0 Å². The van der Waals surface area contributed by atoms with Crippen LogP contribution in [0, 0.1) is 30.6 Å². The summed E-state index contributed by atoms with van der Waals surface area (Å²) in [6.45, 7) is 26.6. The molecule has 3 aliphatic carbocycles. The van der Waals surface area contributed by atoms with Gasteiger partial charge in [-0.3, -0.25) is 0 Å². The van der Waals surface area contributed by atoms with Crippen molar-refractivity contribution in [2.24, 2.45) is 23.7 Å². The summed E-state index contributed by atoms with van der Waals surface area (Å²) in [7, 11) is -1.72. The van der Waals surface area contributed by atoms with Crippen molar-refractivity contribution in [3.63, 3.8) is 0 Å². The molecule has 0 bridgehead atoms. The molecule has 0 radical (unpaired) electrons. The zero-order chi connectivity index (χ0) is 28.4. The van der Waals surface area contributed by atoms with Crippen LogP contribution in [0.25, 0.3) is 0 Å². The van der Waals surface area contributed by atoms with Crippen molar-refractivity contribution in [3.8, 4) is 0 Å². The summed E-state index contributed by atoms with van der Waals surface area (Å²) in [6, 6.07) is 2.66. The van der Waals surface area contributed by atoms with Crippen molar-refractivity contribution < 1.29 is 4.43 Å². The molecule has 4 rings (SSSR count). The van der Waals surface area contributed by atoms with Gasteiger partial charge in [-0.2, -0.15) is 0 Å². The van der Waals surface area contributed by atoms with Gasteiger partial charge in [-0.1, -0.05) is 93.3 Å². The molecular formula is C34H56Br2OSi. The minimum atomic E-state index is -1.72. The Kier molecular flexibility index (Phi) is 9.24. The average molecular weight is 669 g/mol. The first-order valence-corrected chi connectivity index (χ1v) is 20.3. The van der Waals surface area contributed by atoms with Gasteiger partial charge >= 0.3 is 0 Å². The van der Waals surface area contributed by atoms with Crippen molar-refractivity contribution in [1.29, 1.82) is 0 Å². The van der Waals surface area contributed by atoms with Crippen LogP contribution in [0.15, 0.2) is 6.07 Å². The van der Waals surface area contributed by atoms with E-state index >= 15 is 0 Å². The molecule has 1 saturated carbocycles. The van der Waals surface area contributed by atoms with Gasteiger partial charge < -0.3 is 4.43 Å². The third kappa shape index (κ3) is 5.57. The molecule has 0 aromatic heterocycles. The lowest BCUT2D eigenvalue weighted by molar-refractivity contribution is 0.0553. The third-order valence-electron chi connectivity index (χ3n) is 11.9. The summed E-state index contributed by atoms with van der Waals surface area (Å²) in [5.41, 5.74) is 8.81. The van der Waals surface area contributed by atoms with Gasteiger partial charge in [0.25, 0.3) is 0 Å². The van der Waals surface area contributed by atoms with Gasteiger partial charge in [0.05, 0.1) is 0 Å². The molecule has 1 fully saturated rings. The first kappa shape index (κ1) is 31.3. The standard InChI is InChI=1S/C34H56Br2OSi/c1-20(2)22(4)31(35)32(36)23(5)26-14-15-28-27-13-12-24-19-25(37-38(10,11)33(6,7)8)16-17-34(24,9)29(27)18-21(3)30(26)28/h18,20,22-26,31-32H,12-17,19H2,1-11H3. The number of halogens is 2. The summed E-state index contributed by atoms with van der Waals surface area (Å²) in [5, 5.41) is 0.286. The van der Waals surface area contributed by atoms with E-state index in [1.807, 2.05) is 0 Å². The first-order chi connectivity index (χ1) is 17.5. The molecule has 1 aromatic rings. The fourth-order valence-electron chi connectivity index (χ4n) is 7.85. The second-order valence-electron chi connectivity index (χ2n) is 15.5. The van der Waals surface area contributed by atoms with E-state index in [4.69, 9.17) is 4.43 Å². The number of aryl methyl sites for hydroxylation is 1. The van der Waals surface area contributed by atoms with E-state index in [0.717, 1.165) is 5.92 Å². The lowest BCUT2D eigenvalue weighted by Crippen LogP contribution is -2.49. The summed E-state index contributed by atoms with van der Waals surface area (Å²) < 4.78 is 6.97. The number of hydrogen-bond acceptors (Lipinski definition) is 1.